The minimum absolute atomic E-state index is 0.588. The SMILES string of the molecule is [B]c1ccsc1-c1oc2c(C)c3c([B])c(-c4sccc4[B])oc3cc2c1C. The summed E-state index contributed by atoms with van der Waals surface area (Å²) >= 11 is 3.09. The second kappa shape index (κ2) is 5.95. The Hall–Kier alpha value is -2.11. The van der Waals surface area contributed by atoms with Crippen LogP contribution in [0.4, 0.5) is 0 Å². The Morgan fingerprint density at radius 2 is 1.44 bits per heavy atom. The average molecular weight is 380 g/mol. The molecular formula is C20H11B3O2S2. The van der Waals surface area contributed by atoms with Crippen molar-refractivity contribution in [2.75, 3.05) is 0 Å². The minimum atomic E-state index is 0.588. The Morgan fingerprint density at radius 3 is 2.04 bits per heavy atom. The first-order valence-corrected chi connectivity index (χ1v) is 10.1. The molecule has 0 saturated heterocycles. The quantitative estimate of drug-likeness (QED) is 0.438. The first kappa shape index (κ1) is 17.0. The summed E-state index contributed by atoms with van der Waals surface area (Å²) in [6.07, 6.45) is 0. The van der Waals surface area contributed by atoms with Crippen LogP contribution in [0.2, 0.25) is 0 Å². The molecule has 5 rings (SSSR count). The highest BCUT2D eigenvalue weighted by Gasteiger charge is 2.22. The molecule has 1 aromatic carbocycles. The first-order chi connectivity index (χ1) is 13.0. The molecule has 0 aliphatic heterocycles. The Bertz CT molecular complexity index is 1300. The number of aryl methyl sites for hydroxylation is 2. The van der Waals surface area contributed by atoms with Crippen molar-refractivity contribution in [2.24, 2.45) is 0 Å². The zero-order chi connectivity index (χ0) is 18.9. The monoisotopic (exact) mass is 380 g/mol. The summed E-state index contributed by atoms with van der Waals surface area (Å²) in [6.45, 7) is 4.04. The molecule has 0 N–H and O–H groups in total. The van der Waals surface area contributed by atoms with Gasteiger partial charge in [-0.15, -0.1) is 22.7 Å². The second-order valence-electron chi connectivity index (χ2n) is 6.56. The molecule has 0 unspecified atom stereocenters. The Morgan fingerprint density at radius 1 is 0.815 bits per heavy atom. The zero-order valence-corrected chi connectivity index (χ0v) is 16.4. The largest absolute Gasteiger partial charge is 0.456 e. The van der Waals surface area contributed by atoms with Gasteiger partial charge in [0.25, 0.3) is 0 Å². The van der Waals surface area contributed by atoms with Crippen molar-refractivity contribution in [1.82, 2.24) is 0 Å². The van der Waals surface area contributed by atoms with Crippen molar-refractivity contribution < 1.29 is 8.83 Å². The van der Waals surface area contributed by atoms with E-state index in [1.165, 1.54) is 11.3 Å². The normalized spacial score (nSPS) is 11.8. The summed E-state index contributed by atoms with van der Waals surface area (Å²) in [5.41, 5.74) is 5.50. The van der Waals surface area contributed by atoms with E-state index in [1.54, 1.807) is 11.3 Å². The van der Waals surface area contributed by atoms with E-state index in [2.05, 4.69) is 0 Å². The maximum atomic E-state index is 6.45. The Balaban J connectivity index is 1.82. The standard InChI is InChI=1S/C20H11B3O2S2/c1-8-10-7-13-14(15(23)18(24-13)20-12(22)4-6-27-20)9(2)16(10)25-17(8)19-11(21)3-5-26-19/h3-7H,1-2H3. The first-order valence-electron chi connectivity index (χ1n) is 8.38. The van der Waals surface area contributed by atoms with Crippen molar-refractivity contribution in [3.63, 3.8) is 0 Å². The van der Waals surface area contributed by atoms with Gasteiger partial charge in [-0.25, -0.2) is 0 Å². The molecule has 0 bridgehead atoms. The molecule has 0 atom stereocenters. The summed E-state index contributed by atoms with van der Waals surface area (Å²) < 4.78 is 12.4. The highest BCUT2D eigenvalue weighted by molar-refractivity contribution is 7.15. The van der Waals surface area contributed by atoms with Crippen molar-refractivity contribution >= 4 is 84.5 Å². The van der Waals surface area contributed by atoms with Crippen LogP contribution in [-0.4, -0.2) is 23.5 Å². The highest BCUT2D eigenvalue weighted by atomic mass is 32.1. The van der Waals surface area contributed by atoms with Crippen LogP contribution < -0.4 is 16.4 Å². The number of thiophene rings is 2. The Kier molecular flexibility index (Phi) is 3.75. The van der Waals surface area contributed by atoms with Crippen LogP contribution in [0.3, 0.4) is 0 Å². The van der Waals surface area contributed by atoms with Gasteiger partial charge < -0.3 is 8.83 Å². The van der Waals surface area contributed by atoms with Gasteiger partial charge in [0.05, 0.1) is 9.75 Å². The van der Waals surface area contributed by atoms with Crippen LogP contribution in [0.5, 0.6) is 0 Å². The van der Waals surface area contributed by atoms with Gasteiger partial charge in [0.2, 0.25) is 0 Å². The summed E-state index contributed by atoms with van der Waals surface area (Å²) in [6, 6.07) is 5.74. The van der Waals surface area contributed by atoms with Gasteiger partial charge in [-0.05, 0) is 36.1 Å². The van der Waals surface area contributed by atoms with E-state index in [9.17, 15) is 0 Å². The van der Waals surface area contributed by atoms with Gasteiger partial charge in [0.1, 0.15) is 46.2 Å². The summed E-state index contributed by atoms with van der Waals surface area (Å²) in [4.78, 5) is 1.79. The third-order valence-electron chi connectivity index (χ3n) is 4.96. The molecule has 27 heavy (non-hydrogen) atoms. The third kappa shape index (κ3) is 2.34. The van der Waals surface area contributed by atoms with E-state index in [-0.39, 0.29) is 0 Å². The lowest BCUT2D eigenvalue weighted by molar-refractivity contribution is 0.627. The lowest BCUT2D eigenvalue weighted by Gasteiger charge is -1.99. The molecule has 4 aromatic heterocycles. The Labute approximate surface area is 168 Å². The van der Waals surface area contributed by atoms with Crippen LogP contribution in [0.1, 0.15) is 11.1 Å². The zero-order valence-electron chi connectivity index (χ0n) is 14.8. The number of fused-ring (bicyclic) bond motifs is 2. The molecule has 0 fully saturated rings. The van der Waals surface area contributed by atoms with E-state index >= 15 is 0 Å². The molecule has 4 heterocycles. The van der Waals surface area contributed by atoms with Crippen molar-refractivity contribution in [3.05, 3.63) is 40.1 Å². The topological polar surface area (TPSA) is 26.3 Å². The van der Waals surface area contributed by atoms with Crippen molar-refractivity contribution in [3.8, 4) is 21.3 Å². The number of hydrogen-bond acceptors (Lipinski definition) is 4. The highest BCUT2D eigenvalue weighted by Crippen LogP contribution is 2.39. The summed E-state index contributed by atoms with van der Waals surface area (Å²) in [5, 5.41) is 5.76. The van der Waals surface area contributed by atoms with Crippen molar-refractivity contribution in [1.29, 1.82) is 0 Å². The van der Waals surface area contributed by atoms with Crippen molar-refractivity contribution in [2.45, 2.75) is 13.8 Å². The predicted octanol–water partition coefficient (Wildman–Crippen LogP) is 3.63. The summed E-state index contributed by atoms with van der Waals surface area (Å²) in [5.74, 6) is 1.42. The molecule has 0 aliphatic carbocycles. The molecule has 6 radical (unpaired) electrons. The molecule has 0 amide bonds. The van der Waals surface area contributed by atoms with E-state index in [0.29, 0.717) is 16.7 Å². The van der Waals surface area contributed by atoms with Crippen LogP contribution in [-0.2, 0) is 0 Å². The van der Waals surface area contributed by atoms with Crippen LogP contribution in [0.15, 0.2) is 37.8 Å². The van der Waals surface area contributed by atoms with Crippen LogP contribution in [0, 0.1) is 13.8 Å². The number of furan rings is 2. The summed E-state index contributed by atoms with van der Waals surface area (Å²) in [7, 11) is 18.6. The maximum absolute atomic E-state index is 6.45. The van der Waals surface area contributed by atoms with Gasteiger partial charge in [0.15, 0.2) is 0 Å². The van der Waals surface area contributed by atoms with Crippen LogP contribution in [0.25, 0.3) is 43.2 Å². The molecule has 5 aromatic rings. The maximum Gasteiger partial charge on any atom is 0.147 e. The van der Waals surface area contributed by atoms with E-state index in [4.69, 9.17) is 32.4 Å². The molecule has 0 saturated carbocycles. The fourth-order valence-corrected chi connectivity index (χ4v) is 5.24. The molecule has 124 valence electrons. The van der Waals surface area contributed by atoms with Gasteiger partial charge in [-0.2, -0.15) is 0 Å². The molecule has 7 heteroatoms. The lowest BCUT2D eigenvalue weighted by atomic mass is 9.87. The lowest BCUT2D eigenvalue weighted by Crippen LogP contribution is -2.09. The predicted molar refractivity (Wildman–Crippen MR) is 118 cm³/mol. The molecule has 0 aliphatic rings. The van der Waals surface area contributed by atoms with E-state index in [1.807, 2.05) is 42.8 Å². The number of benzene rings is 1. The molecular weight excluding hydrogens is 369 g/mol. The van der Waals surface area contributed by atoms with E-state index in [0.717, 1.165) is 54.0 Å². The fraction of sp³-hybridized carbons (Fsp3) is 0.100. The second-order valence-corrected chi connectivity index (χ2v) is 8.39. The average Bonchev–Trinajstić information content (AvgIpc) is 3.38. The van der Waals surface area contributed by atoms with Gasteiger partial charge in [0, 0.05) is 21.9 Å². The van der Waals surface area contributed by atoms with E-state index < -0.39 is 0 Å². The third-order valence-corrected chi connectivity index (χ3v) is 6.82. The minimum Gasteiger partial charge on any atom is -0.456 e. The van der Waals surface area contributed by atoms with Crippen LogP contribution >= 0.6 is 22.7 Å². The number of rotatable bonds is 2. The van der Waals surface area contributed by atoms with Gasteiger partial charge >= 0.3 is 0 Å². The molecule has 0 spiro atoms. The fourth-order valence-electron chi connectivity index (χ4n) is 3.57. The number of hydrogen-bond donors (Lipinski definition) is 0. The van der Waals surface area contributed by atoms with Gasteiger partial charge in [-0.3, -0.25) is 0 Å². The smallest absolute Gasteiger partial charge is 0.147 e. The molecule has 2 nitrogen and oxygen atoms in total. The van der Waals surface area contributed by atoms with Gasteiger partial charge in [-0.1, -0.05) is 23.1 Å².